The van der Waals surface area contributed by atoms with E-state index < -0.39 is 0 Å². The zero-order valence-electron chi connectivity index (χ0n) is 11.7. The van der Waals surface area contributed by atoms with Gasteiger partial charge in [0.2, 0.25) is 0 Å². The van der Waals surface area contributed by atoms with E-state index in [-0.39, 0.29) is 17.9 Å². The molecule has 2 atom stereocenters. The van der Waals surface area contributed by atoms with Gasteiger partial charge < -0.3 is 5.32 Å². The molecule has 0 spiro atoms. The predicted molar refractivity (Wildman–Crippen MR) is 85.1 cm³/mol. The fourth-order valence-corrected chi connectivity index (χ4v) is 2.58. The number of benzene rings is 2. The molecule has 0 saturated heterocycles. The lowest BCUT2D eigenvalue weighted by atomic mass is 10.0. The van der Waals surface area contributed by atoms with E-state index in [0.29, 0.717) is 0 Å². The Hall–Kier alpha value is -1.19. The highest BCUT2D eigenvalue weighted by molar-refractivity contribution is 9.10. The molecule has 0 fully saturated rings. The standard InChI is InChI=1S/C17H19BrFN/c1-3-17(13-7-9-15(18)10-8-13)20-12(2)14-5-4-6-16(19)11-14/h4-12,17,20H,3H2,1-2H3/t12-,17?/m1/s1. The Kier molecular flexibility index (Phi) is 5.32. The van der Waals surface area contributed by atoms with Gasteiger partial charge >= 0.3 is 0 Å². The Morgan fingerprint density at radius 1 is 1.10 bits per heavy atom. The van der Waals surface area contributed by atoms with Crippen LogP contribution in [0.2, 0.25) is 0 Å². The average molecular weight is 336 g/mol. The first-order chi connectivity index (χ1) is 9.60. The second kappa shape index (κ2) is 7.00. The van der Waals surface area contributed by atoms with Crippen LogP contribution in [0.1, 0.15) is 43.5 Å². The predicted octanol–water partition coefficient (Wildman–Crippen LogP) is 5.39. The molecule has 0 bridgehead atoms. The molecule has 2 rings (SSSR count). The minimum Gasteiger partial charge on any atom is -0.303 e. The third kappa shape index (κ3) is 3.90. The van der Waals surface area contributed by atoms with E-state index in [0.717, 1.165) is 16.5 Å². The van der Waals surface area contributed by atoms with Gasteiger partial charge in [0.05, 0.1) is 0 Å². The molecule has 0 amide bonds. The van der Waals surface area contributed by atoms with E-state index in [9.17, 15) is 4.39 Å². The SMILES string of the molecule is CCC(N[C@H](C)c1cccc(F)c1)c1ccc(Br)cc1. The van der Waals surface area contributed by atoms with Crippen molar-refractivity contribution < 1.29 is 4.39 Å². The molecule has 2 aromatic carbocycles. The van der Waals surface area contributed by atoms with Crippen molar-refractivity contribution in [1.82, 2.24) is 5.32 Å². The van der Waals surface area contributed by atoms with Crippen molar-refractivity contribution in [3.63, 3.8) is 0 Å². The van der Waals surface area contributed by atoms with Gasteiger partial charge in [0.25, 0.3) is 0 Å². The molecule has 20 heavy (non-hydrogen) atoms. The van der Waals surface area contributed by atoms with Crippen molar-refractivity contribution in [2.45, 2.75) is 32.4 Å². The summed E-state index contributed by atoms with van der Waals surface area (Å²) >= 11 is 3.45. The Morgan fingerprint density at radius 2 is 1.80 bits per heavy atom. The summed E-state index contributed by atoms with van der Waals surface area (Å²) in [6, 6.07) is 15.5. The summed E-state index contributed by atoms with van der Waals surface area (Å²) in [6.45, 7) is 4.22. The van der Waals surface area contributed by atoms with E-state index in [2.05, 4.69) is 47.2 Å². The summed E-state index contributed by atoms with van der Waals surface area (Å²) in [7, 11) is 0. The third-order valence-corrected chi connectivity index (χ3v) is 4.01. The third-order valence-electron chi connectivity index (χ3n) is 3.48. The molecular formula is C17H19BrFN. The molecule has 0 aromatic heterocycles. The summed E-state index contributed by atoms with van der Waals surface area (Å²) < 4.78 is 14.4. The molecule has 0 aliphatic rings. The number of nitrogens with one attached hydrogen (secondary N) is 1. The molecule has 1 nitrogen and oxygen atoms in total. The molecular weight excluding hydrogens is 317 g/mol. The largest absolute Gasteiger partial charge is 0.303 e. The maximum atomic E-state index is 13.3. The summed E-state index contributed by atoms with van der Waals surface area (Å²) in [4.78, 5) is 0. The second-order valence-corrected chi connectivity index (χ2v) is 5.87. The van der Waals surface area contributed by atoms with Crippen molar-refractivity contribution in [2.24, 2.45) is 0 Å². The van der Waals surface area contributed by atoms with Crippen LogP contribution >= 0.6 is 15.9 Å². The Bertz CT molecular complexity index is 553. The summed E-state index contributed by atoms with van der Waals surface area (Å²) in [5.41, 5.74) is 2.22. The van der Waals surface area contributed by atoms with E-state index in [4.69, 9.17) is 0 Å². The van der Waals surface area contributed by atoms with Crippen molar-refractivity contribution in [3.8, 4) is 0 Å². The number of halogens is 2. The van der Waals surface area contributed by atoms with Crippen molar-refractivity contribution >= 4 is 15.9 Å². The van der Waals surface area contributed by atoms with Crippen molar-refractivity contribution in [1.29, 1.82) is 0 Å². The van der Waals surface area contributed by atoms with Gasteiger partial charge in [-0.25, -0.2) is 4.39 Å². The first kappa shape index (κ1) is 15.2. The lowest BCUT2D eigenvalue weighted by Crippen LogP contribution is -2.24. The molecule has 0 radical (unpaired) electrons. The van der Waals surface area contributed by atoms with Crippen LogP contribution in [-0.4, -0.2) is 0 Å². The quantitative estimate of drug-likeness (QED) is 0.772. The first-order valence-electron chi connectivity index (χ1n) is 6.87. The van der Waals surface area contributed by atoms with Gasteiger partial charge in [0.15, 0.2) is 0 Å². The lowest BCUT2D eigenvalue weighted by molar-refractivity contribution is 0.455. The van der Waals surface area contributed by atoms with Gasteiger partial charge in [0, 0.05) is 16.6 Å². The van der Waals surface area contributed by atoms with Crippen LogP contribution < -0.4 is 5.32 Å². The molecule has 106 valence electrons. The molecule has 1 unspecified atom stereocenters. The van der Waals surface area contributed by atoms with Crippen LogP contribution in [0.15, 0.2) is 53.0 Å². The van der Waals surface area contributed by atoms with Crippen LogP contribution in [0.4, 0.5) is 4.39 Å². The van der Waals surface area contributed by atoms with E-state index in [1.54, 1.807) is 12.1 Å². The van der Waals surface area contributed by atoms with E-state index in [1.165, 1.54) is 11.6 Å². The van der Waals surface area contributed by atoms with Crippen molar-refractivity contribution in [2.75, 3.05) is 0 Å². The van der Waals surface area contributed by atoms with Crippen molar-refractivity contribution in [3.05, 3.63) is 69.9 Å². The monoisotopic (exact) mass is 335 g/mol. The van der Waals surface area contributed by atoms with Crippen LogP contribution in [0.3, 0.4) is 0 Å². The first-order valence-corrected chi connectivity index (χ1v) is 7.66. The highest BCUT2D eigenvalue weighted by atomic mass is 79.9. The van der Waals surface area contributed by atoms with Crippen LogP contribution in [0, 0.1) is 5.82 Å². The fraction of sp³-hybridized carbons (Fsp3) is 0.294. The minimum atomic E-state index is -0.187. The molecule has 3 heteroatoms. The molecule has 0 heterocycles. The fourth-order valence-electron chi connectivity index (χ4n) is 2.32. The smallest absolute Gasteiger partial charge is 0.123 e. The van der Waals surface area contributed by atoms with E-state index >= 15 is 0 Å². The highest BCUT2D eigenvalue weighted by Crippen LogP contribution is 2.23. The zero-order chi connectivity index (χ0) is 14.5. The number of rotatable bonds is 5. The highest BCUT2D eigenvalue weighted by Gasteiger charge is 2.14. The molecule has 0 aliphatic carbocycles. The maximum Gasteiger partial charge on any atom is 0.123 e. The number of hydrogen-bond donors (Lipinski definition) is 1. The van der Waals surface area contributed by atoms with Gasteiger partial charge in [-0.15, -0.1) is 0 Å². The number of hydrogen-bond acceptors (Lipinski definition) is 1. The summed E-state index contributed by atoms with van der Waals surface area (Å²) in [5.74, 6) is -0.187. The minimum absolute atomic E-state index is 0.110. The Balaban J connectivity index is 2.11. The van der Waals surface area contributed by atoms with Crippen LogP contribution in [0.25, 0.3) is 0 Å². The van der Waals surface area contributed by atoms with Crippen LogP contribution in [0.5, 0.6) is 0 Å². The van der Waals surface area contributed by atoms with Gasteiger partial charge in [-0.3, -0.25) is 0 Å². The maximum absolute atomic E-state index is 13.3. The summed E-state index contributed by atoms with van der Waals surface area (Å²) in [6.07, 6.45) is 0.987. The van der Waals surface area contributed by atoms with Gasteiger partial charge in [-0.05, 0) is 48.7 Å². The normalized spacial score (nSPS) is 14.0. The second-order valence-electron chi connectivity index (χ2n) is 4.96. The molecule has 0 aliphatic heterocycles. The molecule has 2 aromatic rings. The Labute approximate surface area is 128 Å². The average Bonchev–Trinajstić information content (AvgIpc) is 2.45. The molecule has 1 N–H and O–H groups in total. The van der Waals surface area contributed by atoms with Gasteiger partial charge in [0.1, 0.15) is 5.82 Å². The zero-order valence-corrected chi connectivity index (χ0v) is 13.3. The van der Waals surface area contributed by atoms with Crippen LogP contribution in [-0.2, 0) is 0 Å². The van der Waals surface area contributed by atoms with Gasteiger partial charge in [-0.1, -0.05) is 47.1 Å². The van der Waals surface area contributed by atoms with E-state index in [1.807, 2.05) is 18.2 Å². The Morgan fingerprint density at radius 3 is 2.40 bits per heavy atom. The lowest BCUT2D eigenvalue weighted by Gasteiger charge is -2.23. The van der Waals surface area contributed by atoms with Gasteiger partial charge in [-0.2, -0.15) is 0 Å². The topological polar surface area (TPSA) is 12.0 Å². The molecule has 0 saturated carbocycles. The summed E-state index contributed by atoms with van der Waals surface area (Å²) in [5, 5.41) is 3.56.